The van der Waals surface area contributed by atoms with E-state index < -0.39 is 6.04 Å². The minimum absolute atomic E-state index is 0.0949. The van der Waals surface area contributed by atoms with Gasteiger partial charge >= 0.3 is 0 Å². The Morgan fingerprint density at radius 1 is 1.15 bits per heavy atom. The number of carbonyl (C=O) groups excluding carboxylic acids is 2. The van der Waals surface area contributed by atoms with Gasteiger partial charge in [-0.1, -0.05) is 67.1 Å². The van der Waals surface area contributed by atoms with Gasteiger partial charge in [-0.3, -0.25) is 9.59 Å². The van der Waals surface area contributed by atoms with E-state index in [1.807, 2.05) is 42.5 Å². The van der Waals surface area contributed by atoms with Gasteiger partial charge in [0.15, 0.2) is 0 Å². The number of halogens is 1. The zero-order chi connectivity index (χ0) is 18.9. The van der Waals surface area contributed by atoms with Crippen LogP contribution in [0.4, 0.5) is 0 Å². The van der Waals surface area contributed by atoms with Crippen molar-refractivity contribution in [2.24, 2.45) is 0 Å². The molecule has 0 fully saturated rings. The monoisotopic (exact) mass is 370 g/mol. The molecule has 0 aliphatic rings. The Bertz CT molecular complexity index is 744. The van der Waals surface area contributed by atoms with E-state index in [0.29, 0.717) is 24.5 Å². The van der Waals surface area contributed by atoms with Gasteiger partial charge in [0.25, 0.3) is 0 Å². The van der Waals surface area contributed by atoms with E-state index >= 15 is 0 Å². The number of nitrogens with one attached hydrogen (secondary N) is 1. The summed E-state index contributed by atoms with van der Waals surface area (Å²) in [7, 11) is 0. The predicted molar refractivity (Wildman–Crippen MR) is 105 cm³/mol. The first-order valence-corrected chi connectivity index (χ1v) is 8.92. The van der Waals surface area contributed by atoms with E-state index in [0.717, 1.165) is 11.1 Å². The molecule has 0 bridgehead atoms. The molecule has 26 heavy (non-hydrogen) atoms. The van der Waals surface area contributed by atoms with Crippen LogP contribution in [-0.2, 0) is 16.1 Å². The molecular formula is C21H23ClN2O2. The first-order chi connectivity index (χ1) is 12.6. The number of rotatable bonds is 8. The van der Waals surface area contributed by atoms with Gasteiger partial charge in [-0.15, -0.1) is 6.58 Å². The lowest BCUT2D eigenvalue weighted by Gasteiger charge is -2.31. The molecular weight excluding hydrogens is 348 g/mol. The van der Waals surface area contributed by atoms with Gasteiger partial charge < -0.3 is 10.2 Å². The Labute approximate surface area is 159 Å². The van der Waals surface area contributed by atoms with Crippen molar-refractivity contribution in [3.05, 3.63) is 83.4 Å². The molecule has 4 nitrogen and oxygen atoms in total. The van der Waals surface area contributed by atoms with Crippen molar-refractivity contribution in [2.45, 2.75) is 25.9 Å². The second-order valence-electron chi connectivity index (χ2n) is 5.85. The maximum absolute atomic E-state index is 12.8. The summed E-state index contributed by atoms with van der Waals surface area (Å²) in [4.78, 5) is 27.1. The molecule has 2 aromatic rings. The number of hydrogen-bond acceptors (Lipinski definition) is 2. The molecule has 0 saturated heterocycles. The first kappa shape index (κ1) is 19.7. The summed E-state index contributed by atoms with van der Waals surface area (Å²) < 4.78 is 0. The van der Waals surface area contributed by atoms with Crippen molar-refractivity contribution in [1.29, 1.82) is 0 Å². The molecule has 0 saturated carbocycles. The molecule has 1 atom stereocenters. The number of nitrogens with zero attached hydrogens (tertiary/aromatic N) is 1. The number of amides is 2. The number of hydrogen-bond donors (Lipinski definition) is 1. The zero-order valence-electron chi connectivity index (χ0n) is 14.8. The Morgan fingerprint density at radius 3 is 2.38 bits per heavy atom. The second kappa shape index (κ2) is 9.78. The Balaban J connectivity index is 2.39. The average Bonchev–Trinajstić information content (AvgIpc) is 2.67. The van der Waals surface area contributed by atoms with Crippen LogP contribution >= 0.6 is 11.6 Å². The van der Waals surface area contributed by atoms with Crippen LogP contribution in [0.2, 0.25) is 5.02 Å². The Kier molecular flexibility index (Phi) is 7.42. The highest BCUT2D eigenvalue weighted by Gasteiger charge is 2.30. The molecule has 0 unspecified atom stereocenters. The molecule has 0 heterocycles. The zero-order valence-corrected chi connectivity index (χ0v) is 15.6. The second-order valence-corrected chi connectivity index (χ2v) is 6.29. The molecule has 1 N–H and O–H groups in total. The molecule has 0 aliphatic heterocycles. The van der Waals surface area contributed by atoms with Crippen LogP contribution in [0.1, 0.15) is 30.5 Å². The Morgan fingerprint density at radius 2 is 1.81 bits per heavy atom. The summed E-state index contributed by atoms with van der Waals surface area (Å²) in [6, 6.07) is 15.9. The highest BCUT2D eigenvalue weighted by molar-refractivity contribution is 6.30. The fourth-order valence-electron chi connectivity index (χ4n) is 2.69. The van der Waals surface area contributed by atoms with Crippen molar-refractivity contribution >= 4 is 23.4 Å². The minimum Gasteiger partial charge on any atom is -0.351 e. The maximum Gasteiger partial charge on any atom is 0.247 e. The SMILES string of the molecule is C=CCNC(=O)[C@@H](c1ccccc1)N(Cc1ccc(Cl)cc1)C(=O)CC. The lowest BCUT2D eigenvalue weighted by Crippen LogP contribution is -2.43. The third-order valence-electron chi connectivity index (χ3n) is 3.98. The number of benzene rings is 2. The van der Waals surface area contributed by atoms with Gasteiger partial charge in [-0.05, 0) is 23.3 Å². The van der Waals surface area contributed by atoms with E-state index in [9.17, 15) is 9.59 Å². The normalized spacial score (nSPS) is 11.5. The largest absolute Gasteiger partial charge is 0.351 e. The maximum atomic E-state index is 12.8. The lowest BCUT2D eigenvalue weighted by atomic mass is 10.0. The van der Waals surface area contributed by atoms with Crippen LogP contribution in [0.25, 0.3) is 0 Å². The summed E-state index contributed by atoms with van der Waals surface area (Å²) >= 11 is 5.95. The first-order valence-electron chi connectivity index (χ1n) is 8.54. The topological polar surface area (TPSA) is 49.4 Å². The molecule has 136 valence electrons. The van der Waals surface area contributed by atoms with E-state index in [2.05, 4.69) is 11.9 Å². The van der Waals surface area contributed by atoms with Crippen LogP contribution in [0.15, 0.2) is 67.3 Å². The smallest absolute Gasteiger partial charge is 0.247 e. The molecule has 0 radical (unpaired) electrons. The predicted octanol–water partition coefficient (Wildman–Crippen LogP) is 4.12. The Hall–Kier alpha value is -2.59. The molecule has 2 aromatic carbocycles. The van der Waals surface area contributed by atoms with Gasteiger partial charge in [-0.2, -0.15) is 0 Å². The summed E-state index contributed by atoms with van der Waals surface area (Å²) in [6.45, 7) is 6.09. The summed E-state index contributed by atoms with van der Waals surface area (Å²) in [5.74, 6) is -0.325. The van der Waals surface area contributed by atoms with Gasteiger partial charge in [0, 0.05) is 24.5 Å². The molecule has 0 spiro atoms. The fraction of sp³-hybridized carbons (Fsp3) is 0.238. The molecule has 0 aliphatic carbocycles. The van der Waals surface area contributed by atoms with Crippen LogP contribution in [0.3, 0.4) is 0 Å². The van der Waals surface area contributed by atoms with Crippen molar-refractivity contribution in [3.8, 4) is 0 Å². The summed E-state index contributed by atoms with van der Waals surface area (Å²) in [6.07, 6.45) is 1.93. The third-order valence-corrected chi connectivity index (χ3v) is 4.24. The van der Waals surface area contributed by atoms with Gasteiger partial charge in [0.1, 0.15) is 6.04 Å². The lowest BCUT2D eigenvalue weighted by molar-refractivity contribution is -0.141. The molecule has 2 amide bonds. The quantitative estimate of drug-likeness (QED) is 0.710. The van der Waals surface area contributed by atoms with Crippen LogP contribution < -0.4 is 5.32 Å². The fourth-order valence-corrected chi connectivity index (χ4v) is 2.82. The van der Waals surface area contributed by atoms with Gasteiger partial charge in [-0.25, -0.2) is 0 Å². The highest BCUT2D eigenvalue weighted by Crippen LogP contribution is 2.25. The van der Waals surface area contributed by atoms with Crippen molar-refractivity contribution in [2.75, 3.05) is 6.54 Å². The number of carbonyl (C=O) groups is 2. The molecule has 5 heteroatoms. The standard InChI is InChI=1S/C21H23ClN2O2/c1-3-14-23-21(26)20(17-8-6-5-7-9-17)24(19(25)4-2)15-16-10-12-18(22)13-11-16/h3,5-13,20H,1,4,14-15H2,2H3,(H,23,26)/t20-/m1/s1. The van der Waals surface area contributed by atoms with Crippen LogP contribution in [0.5, 0.6) is 0 Å². The molecule has 0 aromatic heterocycles. The third kappa shape index (κ3) is 5.20. The van der Waals surface area contributed by atoms with E-state index in [-0.39, 0.29) is 11.8 Å². The highest BCUT2D eigenvalue weighted by atomic mass is 35.5. The summed E-state index contributed by atoms with van der Waals surface area (Å²) in [5, 5.41) is 3.44. The van der Waals surface area contributed by atoms with Crippen molar-refractivity contribution < 1.29 is 9.59 Å². The van der Waals surface area contributed by atoms with Crippen LogP contribution in [0, 0.1) is 0 Å². The molecule has 2 rings (SSSR count). The summed E-state index contributed by atoms with van der Waals surface area (Å²) in [5.41, 5.74) is 1.68. The minimum atomic E-state index is -0.709. The van der Waals surface area contributed by atoms with Gasteiger partial charge in [0.2, 0.25) is 11.8 Å². The van der Waals surface area contributed by atoms with Crippen molar-refractivity contribution in [1.82, 2.24) is 10.2 Å². The van der Waals surface area contributed by atoms with Gasteiger partial charge in [0.05, 0.1) is 0 Å². The van der Waals surface area contributed by atoms with Crippen molar-refractivity contribution in [3.63, 3.8) is 0 Å². The van der Waals surface area contributed by atoms with Crippen LogP contribution in [-0.4, -0.2) is 23.3 Å². The van der Waals surface area contributed by atoms with E-state index in [1.54, 1.807) is 30.0 Å². The average molecular weight is 371 g/mol. The van der Waals surface area contributed by atoms with E-state index in [4.69, 9.17) is 11.6 Å². The van der Waals surface area contributed by atoms with E-state index in [1.165, 1.54) is 0 Å².